The average Bonchev–Trinajstić information content (AvgIpc) is 3.42. The summed E-state index contributed by atoms with van der Waals surface area (Å²) >= 11 is 0. The lowest BCUT2D eigenvalue weighted by molar-refractivity contribution is -0.137. The number of rotatable bonds is 5. The first kappa shape index (κ1) is 26.2. The van der Waals surface area contributed by atoms with Gasteiger partial charge in [-0.25, -0.2) is 4.98 Å². The Bertz CT molecular complexity index is 961. The van der Waals surface area contributed by atoms with Crippen molar-refractivity contribution in [3.05, 3.63) is 48.5 Å². The summed E-state index contributed by atoms with van der Waals surface area (Å²) in [5.74, 6) is 0.899. The van der Waals surface area contributed by atoms with Crippen LogP contribution in [-0.4, -0.2) is 62.9 Å². The number of carbonyl (C=O) groups is 2. The number of carbonyl (C=O) groups excluding carboxylic acids is 2. The van der Waals surface area contributed by atoms with Gasteiger partial charge in [-0.1, -0.05) is 44.7 Å². The summed E-state index contributed by atoms with van der Waals surface area (Å²) in [5.41, 5.74) is 0.642. The zero-order valence-electron chi connectivity index (χ0n) is 21.8. The van der Waals surface area contributed by atoms with Gasteiger partial charge < -0.3 is 19.1 Å². The summed E-state index contributed by atoms with van der Waals surface area (Å²) < 4.78 is 8.61. The fourth-order valence-electron chi connectivity index (χ4n) is 5.61. The molecule has 1 saturated carbocycles. The van der Waals surface area contributed by atoms with Gasteiger partial charge in [0.15, 0.2) is 0 Å². The zero-order valence-corrected chi connectivity index (χ0v) is 21.8. The van der Waals surface area contributed by atoms with Crippen molar-refractivity contribution in [3.63, 3.8) is 0 Å². The largest absolute Gasteiger partial charge is 0.487 e. The summed E-state index contributed by atoms with van der Waals surface area (Å²) in [6, 6.07) is 7.71. The molecule has 0 saturated heterocycles. The van der Waals surface area contributed by atoms with E-state index in [0.29, 0.717) is 24.3 Å². The Morgan fingerprint density at radius 1 is 1.00 bits per heavy atom. The van der Waals surface area contributed by atoms with E-state index in [0.717, 1.165) is 83.8 Å². The topological polar surface area (TPSA) is 67.7 Å². The lowest BCUT2D eigenvalue weighted by Gasteiger charge is -2.40. The molecule has 0 radical (unpaired) electrons. The number of benzene rings is 1. The van der Waals surface area contributed by atoms with Crippen molar-refractivity contribution < 1.29 is 14.3 Å². The zero-order chi connectivity index (χ0) is 25.2. The van der Waals surface area contributed by atoms with Crippen LogP contribution in [0.15, 0.2) is 43.0 Å². The maximum atomic E-state index is 13.6. The van der Waals surface area contributed by atoms with Crippen molar-refractivity contribution >= 4 is 11.8 Å². The molecule has 1 aliphatic heterocycles. The number of amides is 2. The highest BCUT2D eigenvalue weighted by Crippen LogP contribution is 2.31. The average molecular weight is 495 g/mol. The quantitative estimate of drug-likeness (QED) is 0.565. The molecule has 4 rings (SSSR count). The van der Waals surface area contributed by atoms with Crippen molar-refractivity contribution in [2.75, 3.05) is 19.6 Å². The number of hydrogen-bond donors (Lipinski definition) is 0. The van der Waals surface area contributed by atoms with E-state index in [-0.39, 0.29) is 24.0 Å². The van der Waals surface area contributed by atoms with Gasteiger partial charge >= 0.3 is 0 Å². The first-order valence-electron chi connectivity index (χ1n) is 14.0. The minimum Gasteiger partial charge on any atom is -0.487 e. The normalized spacial score (nSPS) is 22.1. The molecule has 2 aliphatic rings. The lowest BCUT2D eigenvalue weighted by Crippen LogP contribution is -2.51. The van der Waals surface area contributed by atoms with Gasteiger partial charge in [0.25, 0.3) is 5.91 Å². The van der Waals surface area contributed by atoms with Crippen LogP contribution in [0.2, 0.25) is 0 Å². The molecule has 196 valence electrons. The Hall–Kier alpha value is -2.83. The van der Waals surface area contributed by atoms with Gasteiger partial charge in [-0.05, 0) is 50.7 Å². The van der Waals surface area contributed by atoms with Crippen LogP contribution in [0.4, 0.5) is 0 Å². The smallest absolute Gasteiger partial charge is 0.257 e. The number of fused-ring (bicyclic) bond motifs is 2. The van der Waals surface area contributed by atoms with Crippen LogP contribution >= 0.6 is 0 Å². The van der Waals surface area contributed by atoms with Crippen LogP contribution in [0, 0.1) is 0 Å². The Labute approximate surface area is 215 Å². The highest BCUT2D eigenvalue weighted by atomic mass is 16.5. The van der Waals surface area contributed by atoms with Crippen LogP contribution in [0.3, 0.4) is 0 Å². The van der Waals surface area contributed by atoms with Gasteiger partial charge in [-0.3, -0.25) is 9.59 Å². The molecule has 0 N–H and O–H groups in total. The summed E-state index contributed by atoms with van der Waals surface area (Å²) in [7, 11) is 0. The van der Waals surface area contributed by atoms with Gasteiger partial charge in [-0.15, -0.1) is 0 Å². The van der Waals surface area contributed by atoms with Gasteiger partial charge in [0, 0.05) is 45.0 Å². The molecule has 1 aromatic heterocycles. The highest BCUT2D eigenvalue weighted by Gasteiger charge is 2.35. The Morgan fingerprint density at radius 3 is 2.58 bits per heavy atom. The van der Waals surface area contributed by atoms with Crippen molar-refractivity contribution in [3.8, 4) is 5.75 Å². The molecule has 36 heavy (non-hydrogen) atoms. The third kappa shape index (κ3) is 6.89. The number of para-hydroxylation sites is 1. The second kappa shape index (κ2) is 13.5. The maximum absolute atomic E-state index is 13.6. The summed E-state index contributed by atoms with van der Waals surface area (Å²) in [4.78, 5) is 35.3. The van der Waals surface area contributed by atoms with E-state index < -0.39 is 0 Å². The molecule has 0 unspecified atom stereocenters. The molecule has 7 nitrogen and oxygen atoms in total. The van der Waals surface area contributed by atoms with Crippen LogP contribution in [0.5, 0.6) is 5.75 Å². The predicted octanol–water partition coefficient (Wildman–Crippen LogP) is 5.31. The van der Waals surface area contributed by atoms with Crippen LogP contribution in [-0.2, 0) is 11.3 Å². The van der Waals surface area contributed by atoms with Gasteiger partial charge in [-0.2, -0.15) is 0 Å². The van der Waals surface area contributed by atoms with Crippen molar-refractivity contribution in [1.82, 2.24) is 19.4 Å². The van der Waals surface area contributed by atoms with Gasteiger partial charge in [0.2, 0.25) is 5.91 Å². The molecule has 2 heterocycles. The number of aryl methyl sites for hydroxylation is 1. The van der Waals surface area contributed by atoms with Crippen molar-refractivity contribution in [1.29, 1.82) is 0 Å². The summed E-state index contributed by atoms with van der Waals surface area (Å²) in [6.45, 7) is 5.08. The predicted molar refractivity (Wildman–Crippen MR) is 141 cm³/mol. The second-order valence-corrected chi connectivity index (χ2v) is 10.2. The molecule has 2 aromatic rings. The number of nitrogens with zero attached hydrogens (tertiary/aromatic N) is 4. The van der Waals surface area contributed by atoms with Crippen molar-refractivity contribution in [2.24, 2.45) is 0 Å². The molecule has 1 aromatic carbocycles. The van der Waals surface area contributed by atoms with Crippen LogP contribution < -0.4 is 4.74 Å². The number of aromatic nitrogens is 2. The SMILES string of the molecule is CCCN1CCCCCCCN(C(=O)CCn2ccnc2)[C@@H]2CCCC[C@@H]2Oc2ccccc2C1=O. The number of ether oxygens (including phenoxy) is 1. The minimum absolute atomic E-state index is 0.0362. The fraction of sp³-hybridized carbons (Fsp3) is 0.621. The second-order valence-electron chi connectivity index (χ2n) is 10.2. The van der Waals surface area contributed by atoms with Gasteiger partial charge in [0.1, 0.15) is 11.9 Å². The first-order valence-corrected chi connectivity index (χ1v) is 14.0. The molecule has 7 heteroatoms. The summed E-state index contributed by atoms with van der Waals surface area (Å²) in [6.07, 6.45) is 16.1. The molecule has 0 bridgehead atoms. The number of imidazole rings is 1. The molecular weight excluding hydrogens is 452 g/mol. The third-order valence-electron chi connectivity index (χ3n) is 7.54. The van der Waals surface area contributed by atoms with Crippen LogP contribution in [0.25, 0.3) is 0 Å². The van der Waals surface area contributed by atoms with E-state index in [4.69, 9.17) is 4.74 Å². The molecule has 1 fully saturated rings. The Morgan fingerprint density at radius 2 is 1.78 bits per heavy atom. The Kier molecular flexibility index (Phi) is 9.82. The summed E-state index contributed by atoms with van der Waals surface area (Å²) in [5, 5.41) is 0. The van der Waals surface area contributed by atoms with E-state index in [1.807, 2.05) is 39.9 Å². The molecule has 0 spiro atoms. The molecule has 2 amide bonds. The monoisotopic (exact) mass is 494 g/mol. The minimum atomic E-state index is -0.102. The standard InChI is InChI=1S/C29H42N4O3/c1-2-18-32-19-10-4-3-5-11-20-33(28(34)16-21-31-22-17-30-23-31)25-13-7-9-15-27(25)36-26-14-8-6-12-24(26)29(32)35/h6,8,12,14,17,22-23,25,27H,2-5,7,9-11,13,15-16,18-21H2,1H3/t25-,27+/m1/s1. The van der Waals surface area contributed by atoms with Crippen LogP contribution in [0.1, 0.15) is 87.9 Å². The third-order valence-corrected chi connectivity index (χ3v) is 7.54. The van der Waals surface area contributed by atoms with E-state index in [2.05, 4.69) is 16.8 Å². The van der Waals surface area contributed by atoms with E-state index in [1.54, 1.807) is 12.5 Å². The fourth-order valence-corrected chi connectivity index (χ4v) is 5.61. The molecule has 2 atom stereocenters. The first-order chi connectivity index (χ1) is 17.7. The molecular formula is C29H42N4O3. The molecule has 1 aliphatic carbocycles. The van der Waals surface area contributed by atoms with Gasteiger partial charge in [0.05, 0.1) is 17.9 Å². The van der Waals surface area contributed by atoms with Crippen molar-refractivity contribution in [2.45, 2.75) is 96.2 Å². The maximum Gasteiger partial charge on any atom is 0.257 e. The van der Waals surface area contributed by atoms with E-state index in [9.17, 15) is 9.59 Å². The lowest BCUT2D eigenvalue weighted by atomic mass is 9.90. The van der Waals surface area contributed by atoms with E-state index in [1.165, 1.54) is 0 Å². The Balaban J connectivity index is 1.58. The number of hydrogen-bond acceptors (Lipinski definition) is 4. The van der Waals surface area contributed by atoms with E-state index >= 15 is 0 Å². The highest BCUT2D eigenvalue weighted by molar-refractivity contribution is 5.97.